The van der Waals surface area contributed by atoms with Gasteiger partial charge in [-0.2, -0.15) is 4.98 Å². The second-order valence-corrected chi connectivity index (χ2v) is 6.28. The van der Waals surface area contributed by atoms with Crippen LogP contribution in [0.3, 0.4) is 0 Å². The van der Waals surface area contributed by atoms with Crippen molar-refractivity contribution in [2.45, 2.75) is 26.2 Å². The summed E-state index contributed by atoms with van der Waals surface area (Å²) in [5.74, 6) is 1.48. The Morgan fingerprint density at radius 3 is 2.41 bits per heavy atom. The molecule has 0 amide bonds. The molecule has 0 spiro atoms. The summed E-state index contributed by atoms with van der Waals surface area (Å²) in [6, 6.07) is 7.32. The smallest absolute Gasteiger partial charge is 0.227 e. The Labute approximate surface area is 140 Å². The van der Waals surface area contributed by atoms with Crippen LogP contribution in [0.15, 0.2) is 24.3 Å². The second kappa shape index (κ2) is 6.71. The normalized spacial score (nSPS) is 15.0. The summed E-state index contributed by atoms with van der Waals surface area (Å²) < 4.78 is 0. The van der Waals surface area contributed by atoms with Crippen molar-refractivity contribution in [2.24, 2.45) is 0 Å². The van der Waals surface area contributed by atoms with E-state index in [2.05, 4.69) is 20.2 Å². The zero-order chi connectivity index (χ0) is 15.5. The van der Waals surface area contributed by atoms with E-state index in [1.54, 1.807) is 12.1 Å². The number of para-hydroxylation sites is 1. The molecule has 0 unspecified atom stereocenters. The molecule has 1 fully saturated rings. The molecule has 0 bridgehead atoms. The highest BCUT2D eigenvalue weighted by Crippen LogP contribution is 2.32. The van der Waals surface area contributed by atoms with Crippen LogP contribution in [0, 0.1) is 6.92 Å². The molecular formula is C16H18Cl2N4. The highest BCUT2D eigenvalue weighted by molar-refractivity contribution is 6.39. The molecule has 0 aliphatic carbocycles. The van der Waals surface area contributed by atoms with Gasteiger partial charge in [-0.15, -0.1) is 0 Å². The van der Waals surface area contributed by atoms with E-state index in [1.165, 1.54) is 19.3 Å². The zero-order valence-electron chi connectivity index (χ0n) is 12.4. The summed E-state index contributed by atoms with van der Waals surface area (Å²) in [6.45, 7) is 3.99. The highest BCUT2D eigenvalue weighted by atomic mass is 35.5. The Hall–Kier alpha value is -1.52. The van der Waals surface area contributed by atoms with Crippen LogP contribution in [0.1, 0.15) is 25.0 Å². The van der Waals surface area contributed by atoms with Gasteiger partial charge in [-0.25, -0.2) is 4.98 Å². The van der Waals surface area contributed by atoms with Crippen LogP contribution in [0.5, 0.6) is 0 Å². The summed E-state index contributed by atoms with van der Waals surface area (Å²) in [5, 5.41) is 4.36. The number of anilines is 3. The number of aromatic nitrogens is 2. The number of piperidine rings is 1. The van der Waals surface area contributed by atoms with Crippen LogP contribution >= 0.6 is 23.2 Å². The van der Waals surface area contributed by atoms with E-state index in [0.29, 0.717) is 21.6 Å². The minimum atomic E-state index is 0.572. The van der Waals surface area contributed by atoms with Gasteiger partial charge in [-0.05, 0) is 38.3 Å². The minimum absolute atomic E-state index is 0.572. The number of nitrogens with one attached hydrogen (secondary N) is 1. The Kier molecular flexibility index (Phi) is 4.69. The van der Waals surface area contributed by atoms with E-state index < -0.39 is 0 Å². The summed E-state index contributed by atoms with van der Waals surface area (Å²) in [7, 11) is 0. The predicted octanol–water partition coefficient (Wildman–Crippen LogP) is 4.83. The van der Waals surface area contributed by atoms with Crippen molar-refractivity contribution in [3.05, 3.63) is 40.0 Å². The molecule has 116 valence electrons. The van der Waals surface area contributed by atoms with Crippen LogP contribution in [0.2, 0.25) is 10.0 Å². The largest absolute Gasteiger partial charge is 0.341 e. The number of hydrogen-bond donors (Lipinski definition) is 1. The zero-order valence-corrected chi connectivity index (χ0v) is 14.0. The highest BCUT2D eigenvalue weighted by Gasteiger charge is 2.15. The summed E-state index contributed by atoms with van der Waals surface area (Å²) in [6.07, 6.45) is 3.66. The van der Waals surface area contributed by atoms with Crippen molar-refractivity contribution < 1.29 is 0 Å². The van der Waals surface area contributed by atoms with Crippen molar-refractivity contribution in [1.29, 1.82) is 0 Å². The Bertz CT molecular complexity index is 649. The first kappa shape index (κ1) is 15.4. The van der Waals surface area contributed by atoms with Gasteiger partial charge in [-0.1, -0.05) is 29.3 Å². The summed E-state index contributed by atoms with van der Waals surface area (Å²) in [4.78, 5) is 11.4. The molecule has 4 nitrogen and oxygen atoms in total. The maximum Gasteiger partial charge on any atom is 0.227 e. The lowest BCUT2D eigenvalue weighted by Crippen LogP contribution is -2.31. The molecule has 0 radical (unpaired) electrons. The number of rotatable bonds is 3. The van der Waals surface area contributed by atoms with E-state index in [0.717, 1.165) is 24.7 Å². The first-order valence-corrected chi connectivity index (χ1v) is 8.21. The van der Waals surface area contributed by atoms with Crippen LogP contribution < -0.4 is 10.2 Å². The van der Waals surface area contributed by atoms with E-state index in [-0.39, 0.29) is 0 Å². The Balaban J connectivity index is 1.89. The van der Waals surface area contributed by atoms with Crippen molar-refractivity contribution in [3.8, 4) is 0 Å². The first-order chi connectivity index (χ1) is 10.6. The van der Waals surface area contributed by atoms with Gasteiger partial charge in [0.2, 0.25) is 5.95 Å². The molecule has 3 rings (SSSR count). The fourth-order valence-electron chi connectivity index (χ4n) is 2.60. The lowest BCUT2D eigenvalue weighted by molar-refractivity contribution is 0.568. The van der Waals surface area contributed by atoms with Gasteiger partial charge in [0.25, 0.3) is 0 Å². The van der Waals surface area contributed by atoms with Crippen LogP contribution in [-0.2, 0) is 0 Å². The molecule has 0 atom stereocenters. The maximum absolute atomic E-state index is 6.21. The molecule has 1 aliphatic rings. The third-order valence-corrected chi connectivity index (χ3v) is 4.33. The van der Waals surface area contributed by atoms with Gasteiger partial charge in [-0.3, -0.25) is 0 Å². The summed E-state index contributed by atoms with van der Waals surface area (Å²) in [5.41, 5.74) is 1.59. The SMILES string of the molecule is Cc1cc(Nc2c(Cl)cccc2Cl)nc(N2CCCCC2)n1. The van der Waals surface area contributed by atoms with E-state index >= 15 is 0 Å². The van der Waals surface area contributed by atoms with Gasteiger partial charge in [0, 0.05) is 24.8 Å². The maximum atomic E-state index is 6.21. The number of hydrogen-bond acceptors (Lipinski definition) is 4. The van der Waals surface area contributed by atoms with Crippen molar-refractivity contribution in [3.63, 3.8) is 0 Å². The Morgan fingerprint density at radius 2 is 1.73 bits per heavy atom. The molecular weight excluding hydrogens is 319 g/mol. The van der Waals surface area contributed by atoms with Crippen molar-refractivity contribution in [2.75, 3.05) is 23.3 Å². The topological polar surface area (TPSA) is 41.1 Å². The predicted molar refractivity (Wildman–Crippen MR) is 92.6 cm³/mol. The first-order valence-electron chi connectivity index (χ1n) is 7.45. The summed E-state index contributed by atoms with van der Waals surface area (Å²) >= 11 is 12.4. The van der Waals surface area contributed by atoms with Gasteiger partial charge < -0.3 is 10.2 Å². The average Bonchev–Trinajstić information content (AvgIpc) is 2.51. The second-order valence-electron chi connectivity index (χ2n) is 5.46. The van der Waals surface area contributed by atoms with E-state index in [9.17, 15) is 0 Å². The number of benzene rings is 1. The lowest BCUT2D eigenvalue weighted by Gasteiger charge is -2.27. The van der Waals surface area contributed by atoms with Gasteiger partial charge >= 0.3 is 0 Å². The lowest BCUT2D eigenvalue weighted by atomic mass is 10.1. The van der Waals surface area contributed by atoms with E-state index in [4.69, 9.17) is 23.2 Å². The molecule has 1 aromatic carbocycles. The van der Waals surface area contributed by atoms with Gasteiger partial charge in [0.05, 0.1) is 15.7 Å². The third-order valence-electron chi connectivity index (χ3n) is 3.70. The van der Waals surface area contributed by atoms with Gasteiger partial charge in [0.15, 0.2) is 0 Å². The van der Waals surface area contributed by atoms with Crippen molar-refractivity contribution >= 4 is 40.7 Å². The molecule has 0 saturated carbocycles. The average molecular weight is 337 g/mol. The quantitative estimate of drug-likeness (QED) is 0.871. The molecule has 1 aromatic heterocycles. The number of aryl methyl sites for hydroxylation is 1. The third kappa shape index (κ3) is 3.45. The number of halogens is 2. The molecule has 1 N–H and O–H groups in total. The van der Waals surface area contributed by atoms with Gasteiger partial charge in [0.1, 0.15) is 5.82 Å². The molecule has 1 aliphatic heterocycles. The number of nitrogens with zero attached hydrogens (tertiary/aromatic N) is 3. The molecule has 2 heterocycles. The molecule has 1 saturated heterocycles. The minimum Gasteiger partial charge on any atom is -0.341 e. The molecule has 2 aromatic rings. The Morgan fingerprint density at radius 1 is 1.05 bits per heavy atom. The standard InChI is InChI=1S/C16H18Cl2N4/c1-11-10-14(20-15-12(17)6-5-7-13(15)18)21-16(19-11)22-8-3-2-4-9-22/h5-7,10H,2-4,8-9H2,1H3,(H,19,20,21). The van der Waals surface area contributed by atoms with Crippen LogP contribution in [0.4, 0.5) is 17.5 Å². The fourth-order valence-corrected chi connectivity index (χ4v) is 3.09. The van der Waals surface area contributed by atoms with Crippen molar-refractivity contribution in [1.82, 2.24) is 9.97 Å². The molecule has 6 heteroatoms. The van der Waals surface area contributed by atoms with E-state index in [1.807, 2.05) is 19.1 Å². The monoisotopic (exact) mass is 336 g/mol. The molecule has 22 heavy (non-hydrogen) atoms. The fraction of sp³-hybridized carbons (Fsp3) is 0.375. The van der Waals surface area contributed by atoms with Crippen LogP contribution in [0.25, 0.3) is 0 Å². The van der Waals surface area contributed by atoms with Crippen LogP contribution in [-0.4, -0.2) is 23.1 Å².